The number of aliphatic carboxylic acids is 1. The van der Waals surface area contributed by atoms with Crippen LogP contribution in [0.1, 0.15) is 38.3 Å². The van der Waals surface area contributed by atoms with Crippen LogP contribution in [0.25, 0.3) is 0 Å². The van der Waals surface area contributed by atoms with Crippen molar-refractivity contribution in [3.05, 3.63) is 35.9 Å². The number of hydrogen-bond acceptors (Lipinski definition) is 3. The first-order valence-corrected chi connectivity index (χ1v) is 7.65. The summed E-state index contributed by atoms with van der Waals surface area (Å²) in [5.74, 6) is -1.23. The molecule has 6 nitrogen and oxygen atoms in total. The smallest absolute Gasteiger partial charge is 0.311 e. The van der Waals surface area contributed by atoms with Crippen molar-refractivity contribution in [3.63, 3.8) is 0 Å². The van der Waals surface area contributed by atoms with E-state index in [0.717, 1.165) is 5.56 Å². The van der Waals surface area contributed by atoms with Crippen LogP contribution in [0, 0.1) is 5.41 Å². The summed E-state index contributed by atoms with van der Waals surface area (Å²) in [6.07, 6.45) is 0.573. The molecule has 0 bridgehead atoms. The molecule has 23 heavy (non-hydrogen) atoms. The van der Waals surface area contributed by atoms with Crippen LogP contribution in [-0.2, 0) is 14.4 Å². The molecule has 2 rings (SSSR count). The molecule has 0 saturated carbocycles. The molecule has 1 heterocycles. The van der Waals surface area contributed by atoms with Crippen LogP contribution < -0.4 is 5.32 Å². The lowest BCUT2D eigenvalue weighted by atomic mass is 9.90. The molecule has 1 aromatic carbocycles. The molecule has 0 aromatic heterocycles. The minimum absolute atomic E-state index is 0.124. The molecule has 1 aromatic rings. The fourth-order valence-electron chi connectivity index (χ4n) is 2.84. The quantitative estimate of drug-likeness (QED) is 0.863. The summed E-state index contributed by atoms with van der Waals surface area (Å²) in [6, 6.07) is 8.89. The highest BCUT2D eigenvalue weighted by Crippen LogP contribution is 2.31. The molecular weight excluding hydrogens is 296 g/mol. The van der Waals surface area contributed by atoms with Gasteiger partial charge in [-0.1, -0.05) is 30.3 Å². The van der Waals surface area contributed by atoms with Crippen LogP contribution in [0.5, 0.6) is 0 Å². The number of likely N-dealkylation sites (tertiary alicyclic amines) is 1. The molecule has 124 valence electrons. The van der Waals surface area contributed by atoms with Crippen molar-refractivity contribution in [3.8, 4) is 0 Å². The van der Waals surface area contributed by atoms with Crippen molar-refractivity contribution in [2.45, 2.75) is 32.7 Å². The lowest BCUT2D eigenvalue weighted by molar-refractivity contribution is -0.147. The second-order valence-electron chi connectivity index (χ2n) is 6.30. The first-order valence-electron chi connectivity index (χ1n) is 7.65. The van der Waals surface area contributed by atoms with E-state index in [4.69, 9.17) is 0 Å². The number of nitrogens with zero attached hydrogens (tertiary/aromatic N) is 1. The third-order valence-electron chi connectivity index (χ3n) is 4.30. The number of rotatable bonds is 5. The second kappa shape index (κ2) is 6.81. The van der Waals surface area contributed by atoms with E-state index >= 15 is 0 Å². The average Bonchev–Trinajstić information content (AvgIpc) is 2.91. The summed E-state index contributed by atoms with van der Waals surface area (Å²) in [5.41, 5.74) is -0.0254. The Balaban J connectivity index is 2.07. The molecule has 0 aliphatic carbocycles. The summed E-state index contributed by atoms with van der Waals surface area (Å²) in [6.45, 7) is 3.72. The van der Waals surface area contributed by atoms with Crippen molar-refractivity contribution >= 4 is 17.8 Å². The lowest BCUT2D eigenvalue weighted by Gasteiger charge is -2.23. The number of amides is 2. The first-order chi connectivity index (χ1) is 10.8. The third kappa shape index (κ3) is 4.09. The number of carbonyl (C=O) groups excluding carboxylic acids is 2. The predicted octanol–water partition coefficient (Wildman–Crippen LogP) is 1.58. The summed E-state index contributed by atoms with van der Waals surface area (Å²) >= 11 is 0. The monoisotopic (exact) mass is 318 g/mol. The number of carboxylic acids is 1. The van der Waals surface area contributed by atoms with Gasteiger partial charge in [0.05, 0.1) is 17.9 Å². The van der Waals surface area contributed by atoms with Gasteiger partial charge in [-0.25, -0.2) is 0 Å². The van der Waals surface area contributed by atoms with Gasteiger partial charge in [0.25, 0.3) is 0 Å². The van der Waals surface area contributed by atoms with Crippen LogP contribution >= 0.6 is 0 Å². The molecule has 1 fully saturated rings. The zero-order valence-corrected chi connectivity index (χ0v) is 13.4. The minimum Gasteiger partial charge on any atom is -0.481 e. The Morgan fingerprint density at radius 1 is 1.30 bits per heavy atom. The molecule has 1 aliphatic heterocycles. The van der Waals surface area contributed by atoms with Gasteiger partial charge in [-0.3, -0.25) is 14.4 Å². The van der Waals surface area contributed by atoms with E-state index in [1.165, 1.54) is 6.92 Å². The van der Waals surface area contributed by atoms with Gasteiger partial charge in [-0.2, -0.15) is 0 Å². The summed E-state index contributed by atoms with van der Waals surface area (Å²) < 4.78 is 0. The normalized spacial score (nSPS) is 21.7. The Bertz CT molecular complexity index is 602. The fraction of sp³-hybridized carbons (Fsp3) is 0.471. The van der Waals surface area contributed by atoms with Crippen LogP contribution in [0.4, 0.5) is 0 Å². The van der Waals surface area contributed by atoms with Crippen LogP contribution in [0.3, 0.4) is 0 Å². The third-order valence-corrected chi connectivity index (χ3v) is 4.30. The van der Waals surface area contributed by atoms with Gasteiger partial charge in [0, 0.05) is 20.0 Å². The van der Waals surface area contributed by atoms with Crippen molar-refractivity contribution in [1.29, 1.82) is 0 Å². The van der Waals surface area contributed by atoms with E-state index in [1.807, 2.05) is 30.3 Å². The maximum Gasteiger partial charge on any atom is 0.311 e. The van der Waals surface area contributed by atoms with E-state index in [1.54, 1.807) is 11.8 Å². The topological polar surface area (TPSA) is 86.7 Å². The van der Waals surface area contributed by atoms with Gasteiger partial charge in [-0.15, -0.1) is 0 Å². The molecule has 6 heteroatoms. The Kier molecular flexibility index (Phi) is 5.03. The number of benzene rings is 1. The second-order valence-corrected chi connectivity index (χ2v) is 6.30. The molecular formula is C17H22N2O4. The Morgan fingerprint density at radius 3 is 2.48 bits per heavy atom. The van der Waals surface area contributed by atoms with E-state index in [2.05, 4.69) is 5.32 Å². The van der Waals surface area contributed by atoms with E-state index < -0.39 is 17.4 Å². The number of hydrogen-bond donors (Lipinski definition) is 2. The van der Waals surface area contributed by atoms with Gasteiger partial charge in [-0.05, 0) is 18.9 Å². The average molecular weight is 318 g/mol. The van der Waals surface area contributed by atoms with Crippen LogP contribution in [-0.4, -0.2) is 40.9 Å². The first kappa shape index (κ1) is 17.0. The number of nitrogens with one attached hydrogen (secondary N) is 1. The Labute approximate surface area is 135 Å². The maximum absolute atomic E-state index is 12.5. The molecule has 2 amide bonds. The minimum atomic E-state index is -0.883. The largest absolute Gasteiger partial charge is 0.481 e. The Hall–Kier alpha value is -2.37. The highest BCUT2D eigenvalue weighted by Gasteiger charge is 2.42. The molecule has 1 saturated heterocycles. The van der Waals surface area contributed by atoms with Gasteiger partial charge in [0.2, 0.25) is 11.8 Å². The highest BCUT2D eigenvalue weighted by atomic mass is 16.4. The van der Waals surface area contributed by atoms with Crippen molar-refractivity contribution < 1.29 is 19.5 Å². The lowest BCUT2D eigenvalue weighted by Crippen LogP contribution is -2.37. The molecule has 2 atom stereocenters. The number of carboxylic acid groups (broad SMARTS) is 1. The van der Waals surface area contributed by atoms with Gasteiger partial charge in [0.15, 0.2) is 0 Å². The standard InChI is InChI=1S/C17H22N2O4/c1-12(20)18-14(13-6-4-3-5-7-13)10-15(21)19-9-8-17(2,11-19)16(22)23/h3-7,14H,8-11H2,1-2H3,(H,18,20)(H,22,23). The van der Waals surface area contributed by atoms with Crippen molar-refractivity contribution in [2.24, 2.45) is 5.41 Å². The van der Waals surface area contributed by atoms with Crippen molar-refractivity contribution in [1.82, 2.24) is 10.2 Å². The highest BCUT2D eigenvalue weighted by molar-refractivity contribution is 5.82. The van der Waals surface area contributed by atoms with E-state index in [9.17, 15) is 19.5 Å². The van der Waals surface area contributed by atoms with E-state index in [-0.39, 0.29) is 24.8 Å². The van der Waals surface area contributed by atoms with E-state index in [0.29, 0.717) is 13.0 Å². The Morgan fingerprint density at radius 2 is 1.96 bits per heavy atom. The molecule has 2 N–H and O–H groups in total. The van der Waals surface area contributed by atoms with Crippen LogP contribution in [0.2, 0.25) is 0 Å². The zero-order chi connectivity index (χ0) is 17.0. The fourth-order valence-corrected chi connectivity index (χ4v) is 2.84. The molecule has 0 radical (unpaired) electrons. The summed E-state index contributed by atoms with van der Waals surface area (Å²) in [4.78, 5) is 36.8. The van der Waals surface area contributed by atoms with Gasteiger partial charge in [0.1, 0.15) is 0 Å². The summed E-state index contributed by atoms with van der Waals surface area (Å²) in [7, 11) is 0. The number of carbonyl (C=O) groups is 3. The van der Waals surface area contributed by atoms with Gasteiger partial charge < -0.3 is 15.3 Å². The molecule has 2 unspecified atom stereocenters. The zero-order valence-electron chi connectivity index (χ0n) is 13.4. The van der Waals surface area contributed by atoms with Crippen molar-refractivity contribution in [2.75, 3.05) is 13.1 Å². The molecule has 0 spiro atoms. The summed E-state index contributed by atoms with van der Waals surface area (Å²) in [5, 5.41) is 12.0. The SMILES string of the molecule is CC(=O)NC(CC(=O)N1CCC(C)(C(=O)O)C1)c1ccccc1. The predicted molar refractivity (Wildman–Crippen MR) is 84.6 cm³/mol. The maximum atomic E-state index is 12.5. The molecule has 1 aliphatic rings. The van der Waals surface area contributed by atoms with Crippen LogP contribution in [0.15, 0.2) is 30.3 Å². The van der Waals surface area contributed by atoms with Gasteiger partial charge >= 0.3 is 5.97 Å².